The van der Waals surface area contributed by atoms with Gasteiger partial charge in [-0.15, -0.1) is 0 Å². The molecule has 13 heavy (non-hydrogen) atoms. The van der Waals surface area contributed by atoms with Gasteiger partial charge in [0.15, 0.2) is 0 Å². The maximum absolute atomic E-state index is 2.16. The third-order valence-electron chi connectivity index (χ3n) is 1.52. The molecule has 0 heterocycles. The van der Waals surface area contributed by atoms with Crippen LogP contribution in [-0.2, 0) is 0 Å². The first kappa shape index (κ1) is 10.7. The number of hydrogen-bond acceptors (Lipinski definition) is 2. The van der Waals surface area contributed by atoms with Gasteiger partial charge in [-0.25, -0.2) is 0 Å². The fraction of sp³-hybridized carbons (Fsp3) is 0. The van der Waals surface area contributed by atoms with E-state index in [-0.39, 0.29) is 0 Å². The van der Waals surface area contributed by atoms with Crippen LogP contribution in [0.5, 0.6) is 0 Å². The van der Waals surface area contributed by atoms with E-state index in [1.54, 1.807) is 0 Å². The molecule has 0 aromatic rings. The van der Waals surface area contributed by atoms with E-state index in [1.165, 1.54) is 10.5 Å². The summed E-state index contributed by atoms with van der Waals surface area (Å²) < 4.78 is 0. The van der Waals surface area contributed by atoms with Crippen LogP contribution in [0.15, 0.2) is 0 Å². The van der Waals surface area contributed by atoms with Crippen molar-refractivity contribution < 1.29 is 0 Å². The molecule has 3 heteroatoms. The van der Waals surface area contributed by atoms with Crippen LogP contribution in [0.2, 0.25) is 0 Å². The van der Waals surface area contributed by atoms with E-state index in [9.17, 15) is 0 Å². The van der Waals surface area contributed by atoms with E-state index in [4.69, 9.17) is 0 Å². The molecule has 2 saturated carbocycles. The van der Waals surface area contributed by atoms with Crippen molar-refractivity contribution in [2.24, 2.45) is 0 Å². The Morgan fingerprint density at radius 3 is 1.46 bits per heavy atom. The minimum atomic E-state index is 0.558. The van der Waals surface area contributed by atoms with E-state index in [2.05, 4.69) is 51.4 Å². The minimum absolute atomic E-state index is 0.558. The fourth-order valence-electron chi connectivity index (χ4n) is 0.919. The zero-order valence-corrected chi connectivity index (χ0v) is 10.2. The summed E-state index contributed by atoms with van der Waals surface area (Å²) in [6, 6.07) is 0. The van der Waals surface area contributed by atoms with E-state index >= 15 is 0 Å². The van der Waals surface area contributed by atoms with Crippen molar-refractivity contribution in [3.05, 3.63) is 61.9 Å². The van der Waals surface area contributed by atoms with Gasteiger partial charge in [0.05, 0.1) is 0 Å². The summed E-state index contributed by atoms with van der Waals surface area (Å²) in [4.78, 5) is 0. The Labute approximate surface area is 94.7 Å². The van der Waals surface area contributed by atoms with Crippen molar-refractivity contribution in [2.45, 2.75) is 0 Å². The molecule has 0 amide bonds. The first-order chi connectivity index (χ1) is 6.45. The van der Waals surface area contributed by atoms with Crippen LogP contribution in [0, 0.1) is 61.9 Å². The van der Waals surface area contributed by atoms with Crippen molar-refractivity contribution in [3.63, 3.8) is 0 Å². The van der Waals surface area contributed by atoms with Crippen LogP contribution in [0.3, 0.4) is 0 Å². The molecule has 0 aromatic carbocycles. The Hall–Kier alpha value is 1.22. The van der Waals surface area contributed by atoms with Gasteiger partial charge in [-0.3, -0.25) is 0 Å². The SMILES string of the molecule is [CH]1[CH][CH][C](S[Se]S[C]2[CH][CH][CH][CH]2)[CH]1. The standard InChI is InChI=1S/C10H8S2Se/c1-2-6-9(5-1)11-13-12-10-7-3-4-8-10/h1-8H. The van der Waals surface area contributed by atoms with E-state index in [0.29, 0.717) is 12.7 Å². The van der Waals surface area contributed by atoms with Gasteiger partial charge in [-0.05, 0) is 0 Å². The van der Waals surface area contributed by atoms with Crippen molar-refractivity contribution in [1.82, 2.24) is 0 Å². The summed E-state index contributed by atoms with van der Waals surface area (Å²) in [5.74, 6) is 0. The monoisotopic (exact) mass is 272 g/mol. The molecule has 0 atom stereocenters. The molecule has 2 fully saturated rings. The van der Waals surface area contributed by atoms with Crippen LogP contribution in [0.1, 0.15) is 0 Å². The molecule has 0 aliphatic heterocycles. The summed E-state index contributed by atoms with van der Waals surface area (Å²) in [6.45, 7) is 0. The quantitative estimate of drug-likeness (QED) is 0.721. The van der Waals surface area contributed by atoms with Crippen molar-refractivity contribution in [2.75, 3.05) is 0 Å². The van der Waals surface area contributed by atoms with Crippen LogP contribution >= 0.6 is 20.4 Å². The molecule has 0 saturated heterocycles. The van der Waals surface area contributed by atoms with E-state index < -0.39 is 0 Å². The molecule has 2 aliphatic carbocycles. The van der Waals surface area contributed by atoms with Gasteiger partial charge in [0, 0.05) is 0 Å². The second-order valence-corrected chi connectivity index (χ2v) is 8.96. The van der Waals surface area contributed by atoms with Crippen molar-refractivity contribution in [1.29, 1.82) is 0 Å². The Kier molecular flexibility index (Phi) is 4.91. The molecule has 2 rings (SSSR count). The maximum atomic E-state index is 2.16. The zero-order valence-electron chi connectivity index (χ0n) is 6.84. The van der Waals surface area contributed by atoms with Gasteiger partial charge in [0.2, 0.25) is 0 Å². The predicted octanol–water partition coefficient (Wildman–Crippen LogP) is 2.71. The molecule has 2 aliphatic rings. The van der Waals surface area contributed by atoms with Crippen LogP contribution in [-0.4, -0.2) is 12.7 Å². The number of hydrogen-bond donors (Lipinski definition) is 0. The molecule has 0 nitrogen and oxygen atoms in total. The molecule has 0 aromatic heterocycles. The van der Waals surface area contributed by atoms with Gasteiger partial charge in [-0.1, -0.05) is 0 Å². The van der Waals surface area contributed by atoms with Crippen molar-refractivity contribution in [3.8, 4) is 0 Å². The zero-order chi connectivity index (χ0) is 8.93. The molecular formula is C10H8S2Se. The van der Waals surface area contributed by atoms with E-state index in [1.807, 2.05) is 20.4 Å². The topological polar surface area (TPSA) is 0 Å². The molecule has 10 radical (unpaired) electrons. The normalized spacial score (nSPS) is 25.8. The second-order valence-electron chi connectivity index (χ2n) is 2.48. The van der Waals surface area contributed by atoms with E-state index in [0.717, 1.165) is 0 Å². The molecule has 0 spiro atoms. The summed E-state index contributed by atoms with van der Waals surface area (Å²) in [5, 5.41) is 2.78. The summed E-state index contributed by atoms with van der Waals surface area (Å²) in [7, 11) is 3.90. The Bertz CT molecular complexity index is 124. The Morgan fingerprint density at radius 1 is 0.692 bits per heavy atom. The molecule has 0 unspecified atom stereocenters. The first-order valence-corrected chi connectivity index (χ1v) is 9.58. The van der Waals surface area contributed by atoms with Gasteiger partial charge >= 0.3 is 94.9 Å². The fourth-order valence-corrected chi connectivity index (χ4v) is 7.23. The molecule has 0 N–H and O–H groups in total. The molecule has 0 bridgehead atoms. The van der Waals surface area contributed by atoms with Gasteiger partial charge in [0.25, 0.3) is 0 Å². The Balaban J connectivity index is 1.52. The molecule has 66 valence electrons. The van der Waals surface area contributed by atoms with Crippen molar-refractivity contribution >= 4 is 33.1 Å². The summed E-state index contributed by atoms with van der Waals surface area (Å²) in [5.41, 5.74) is 0. The van der Waals surface area contributed by atoms with Gasteiger partial charge < -0.3 is 0 Å². The van der Waals surface area contributed by atoms with Crippen LogP contribution in [0.4, 0.5) is 0 Å². The summed E-state index contributed by atoms with van der Waals surface area (Å²) in [6.07, 6.45) is 17.0. The van der Waals surface area contributed by atoms with Gasteiger partial charge in [-0.2, -0.15) is 0 Å². The third kappa shape index (κ3) is 3.70. The predicted molar refractivity (Wildman–Crippen MR) is 61.8 cm³/mol. The van der Waals surface area contributed by atoms with Crippen LogP contribution in [0.25, 0.3) is 0 Å². The average molecular weight is 271 g/mol. The average Bonchev–Trinajstić information content (AvgIpc) is 2.75. The Morgan fingerprint density at radius 2 is 1.08 bits per heavy atom. The third-order valence-corrected chi connectivity index (χ3v) is 7.99. The first-order valence-electron chi connectivity index (χ1n) is 3.90. The van der Waals surface area contributed by atoms with Crippen LogP contribution < -0.4 is 0 Å². The number of rotatable bonds is 4. The van der Waals surface area contributed by atoms with Gasteiger partial charge in [0.1, 0.15) is 0 Å². The second kappa shape index (κ2) is 5.95. The molecular weight excluding hydrogens is 263 g/mol. The summed E-state index contributed by atoms with van der Waals surface area (Å²) >= 11 is 0.558.